The molecule has 4 atom stereocenters. The van der Waals surface area contributed by atoms with Crippen molar-refractivity contribution in [3.63, 3.8) is 0 Å². The van der Waals surface area contributed by atoms with E-state index in [-0.39, 0.29) is 50.9 Å². The van der Waals surface area contributed by atoms with Gasteiger partial charge in [0.1, 0.15) is 18.4 Å². The molecule has 0 spiro atoms. The number of nitrogens with one attached hydrogen (secondary N) is 3. The summed E-state index contributed by atoms with van der Waals surface area (Å²) in [5.74, 6) is -4.42. The zero-order chi connectivity index (χ0) is 39.7. The summed E-state index contributed by atoms with van der Waals surface area (Å²) in [5, 5.41) is 18.9. The number of hydrogen-bond acceptors (Lipinski definition) is 7. The molecule has 0 radical (unpaired) electrons. The lowest BCUT2D eigenvalue weighted by Crippen LogP contribution is -2.54. The molecule has 290 valence electrons. The number of benzene rings is 4. The summed E-state index contributed by atoms with van der Waals surface area (Å²) >= 11 is 1.48. The molecule has 57 heavy (non-hydrogen) atoms. The van der Waals surface area contributed by atoms with Gasteiger partial charge in [0.05, 0.1) is 12.0 Å². The number of amides is 2. The Morgan fingerprint density at radius 1 is 0.702 bits per heavy atom. The van der Waals surface area contributed by atoms with Crippen molar-refractivity contribution in [1.29, 1.82) is 0 Å². The van der Waals surface area contributed by atoms with Gasteiger partial charge < -0.3 is 25.5 Å². The summed E-state index contributed by atoms with van der Waals surface area (Å²) in [6, 6.07) is 33.5. The van der Waals surface area contributed by atoms with E-state index in [9.17, 15) is 29.1 Å². The fourth-order valence-corrected chi connectivity index (χ4v) is 8.09. The van der Waals surface area contributed by atoms with Gasteiger partial charge in [-0.2, -0.15) is 0 Å². The summed E-state index contributed by atoms with van der Waals surface area (Å²) < 4.78 is 5.78. The highest BCUT2D eigenvalue weighted by molar-refractivity contribution is 7.09. The van der Waals surface area contributed by atoms with E-state index in [1.807, 2.05) is 96.4 Å². The number of H-pyrrole nitrogens is 1. The first-order valence-corrected chi connectivity index (χ1v) is 19.9. The number of aromatic amines is 1. The van der Waals surface area contributed by atoms with Gasteiger partial charge in [0, 0.05) is 53.6 Å². The van der Waals surface area contributed by atoms with Crippen LogP contribution in [-0.4, -0.2) is 58.1 Å². The second-order valence-electron chi connectivity index (χ2n) is 14.5. The number of carbonyl (C=O) groups excluding carboxylic acids is 4. The third-order valence-corrected chi connectivity index (χ3v) is 11.3. The van der Waals surface area contributed by atoms with Gasteiger partial charge in [-0.3, -0.25) is 24.0 Å². The minimum atomic E-state index is -1.14. The Bertz CT molecular complexity index is 2340. The molecule has 2 amide bonds. The summed E-state index contributed by atoms with van der Waals surface area (Å²) in [5.41, 5.74) is 5.08. The van der Waals surface area contributed by atoms with Gasteiger partial charge in [0.15, 0.2) is 11.6 Å². The number of thiophene rings is 1. The van der Waals surface area contributed by atoms with E-state index in [0.717, 1.165) is 38.0 Å². The zero-order valence-corrected chi connectivity index (χ0v) is 32.0. The molecule has 0 aliphatic carbocycles. The van der Waals surface area contributed by atoms with Crippen LogP contribution in [0, 0.1) is 11.8 Å². The van der Waals surface area contributed by atoms with Crippen LogP contribution < -0.4 is 15.4 Å². The lowest BCUT2D eigenvalue weighted by molar-refractivity contribution is -0.144. The maximum Gasteiger partial charge on any atom is 0.307 e. The Hall–Kier alpha value is -6.33. The minimum Gasteiger partial charge on any atom is -0.486 e. The van der Waals surface area contributed by atoms with Crippen LogP contribution in [0.4, 0.5) is 0 Å². The number of Topliss-reactive ketones (excluding diaryl/α,β-unsaturated/α-hetero) is 2. The first-order valence-electron chi connectivity index (χ1n) is 19.0. The van der Waals surface area contributed by atoms with Gasteiger partial charge in [0.25, 0.3) is 0 Å². The number of fused-ring (bicyclic) bond motifs is 17. The summed E-state index contributed by atoms with van der Waals surface area (Å²) in [6.07, 6.45) is 1.86. The maximum absolute atomic E-state index is 14.5. The number of rotatable bonds is 8. The van der Waals surface area contributed by atoms with E-state index in [2.05, 4.69) is 15.6 Å². The van der Waals surface area contributed by atoms with Gasteiger partial charge >= 0.3 is 5.97 Å². The molecule has 0 unspecified atom stereocenters. The van der Waals surface area contributed by atoms with Crippen LogP contribution in [0.25, 0.3) is 22.0 Å². The molecule has 2 aromatic heterocycles. The van der Waals surface area contributed by atoms with E-state index >= 15 is 0 Å². The topological polar surface area (TPSA) is 155 Å². The van der Waals surface area contributed by atoms with Crippen LogP contribution in [-0.2, 0) is 49.7 Å². The van der Waals surface area contributed by atoms with E-state index < -0.39 is 47.5 Å². The smallest absolute Gasteiger partial charge is 0.307 e. The summed E-state index contributed by atoms with van der Waals surface area (Å²) in [4.78, 5) is 73.1. The van der Waals surface area contributed by atoms with Gasteiger partial charge in [-0.05, 0) is 70.3 Å². The van der Waals surface area contributed by atoms with Crippen molar-refractivity contribution in [1.82, 2.24) is 15.6 Å². The number of ketones is 2. The van der Waals surface area contributed by atoms with Gasteiger partial charge in [0.2, 0.25) is 11.8 Å². The number of aliphatic carboxylic acids is 1. The maximum atomic E-state index is 14.5. The number of carbonyl (C=O) groups is 5. The second kappa shape index (κ2) is 18.1. The number of ether oxygens (including phenoxy) is 1. The number of carboxylic acid groups (broad SMARTS) is 1. The molecule has 4 N–H and O–H groups in total. The van der Waals surface area contributed by atoms with Crippen LogP contribution in [0.1, 0.15) is 34.4 Å². The summed E-state index contributed by atoms with van der Waals surface area (Å²) in [7, 11) is 0. The van der Waals surface area contributed by atoms with Crippen molar-refractivity contribution in [2.75, 3.05) is 6.61 Å². The standard InChI is InChI=1S/C46H43N3O7S/c50-36-23-33(24-38-9-6-20-57-38)44(52)49-42(22-30-12-16-32(17-13-30)31-7-2-1-3-8-31)45(53)48-41(25-35-27-47-40-11-5-4-10-39(35)40)43(51)26-34(46(54)55)21-29-14-18-37(19-15-29)56-28-36/h1-20,27,33-34,41-42,47H,21-26,28H2,(H,48,53)(H,49,52)(H,54,55)/t33-,34+,41-,42+/m0/s1. The van der Waals surface area contributed by atoms with Crippen LogP contribution in [0.5, 0.6) is 5.75 Å². The average Bonchev–Trinajstić information content (AvgIpc) is 3.90. The van der Waals surface area contributed by atoms with Gasteiger partial charge in [-0.1, -0.05) is 91.0 Å². The van der Waals surface area contributed by atoms with Crippen LogP contribution in [0.15, 0.2) is 127 Å². The number of aromatic nitrogens is 1. The fraction of sp³-hybridized carbons (Fsp3) is 0.239. The van der Waals surface area contributed by atoms with E-state index in [1.54, 1.807) is 30.5 Å². The molecule has 2 bridgehead atoms. The number of hydrogen-bond donors (Lipinski definition) is 4. The molecular weight excluding hydrogens is 739 g/mol. The Morgan fingerprint density at radius 3 is 2.16 bits per heavy atom. The normalized spacial score (nSPS) is 19.9. The van der Waals surface area contributed by atoms with Gasteiger partial charge in [-0.25, -0.2) is 0 Å². The zero-order valence-electron chi connectivity index (χ0n) is 31.2. The van der Waals surface area contributed by atoms with E-state index in [1.165, 1.54) is 11.3 Å². The predicted octanol–water partition coefficient (Wildman–Crippen LogP) is 6.76. The van der Waals surface area contributed by atoms with Crippen molar-refractivity contribution >= 4 is 51.6 Å². The average molecular weight is 782 g/mol. The predicted molar refractivity (Wildman–Crippen MR) is 219 cm³/mol. The third kappa shape index (κ3) is 10.1. The number of para-hydroxylation sites is 1. The molecule has 10 nitrogen and oxygen atoms in total. The second-order valence-corrected chi connectivity index (χ2v) is 15.6. The molecule has 0 saturated heterocycles. The van der Waals surface area contributed by atoms with Crippen molar-refractivity contribution in [2.24, 2.45) is 11.8 Å². The lowest BCUT2D eigenvalue weighted by atomic mass is 9.90. The molecule has 4 aromatic carbocycles. The van der Waals surface area contributed by atoms with Gasteiger partial charge in [-0.15, -0.1) is 11.3 Å². The SMILES string of the molecule is O=C1COc2ccc(cc2)C[C@@H](C(=O)O)CC(=O)[C@H](Cc2c[nH]c3ccccc23)NC(=O)[C@@H](Cc2ccc(-c3ccccc3)cc2)NC(=O)[C@H](Cc2cccs2)C1. The van der Waals surface area contributed by atoms with E-state index in [4.69, 9.17) is 4.74 Å². The highest BCUT2D eigenvalue weighted by Gasteiger charge is 2.33. The third-order valence-electron chi connectivity index (χ3n) is 10.4. The number of carboxylic acids is 1. The molecule has 6 aromatic rings. The molecule has 8 rings (SSSR count). The molecule has 0 fully saturated rings. The minimum absolute atomic E-state index is 0.0656. The molecular formula is C46H43N3O7S. The highest BCUT2D eigenvalue weighted by atomic mass is 32.1. The monoisotopic (exact) mass is 781 g/mol. The quantitative estimate of drug-likeness (QED) is 0.133. The molecule has 2 aliphatic rings. The Kier molecular flexibility index (Phi) is 12.3. The Morgan fingerprint density at radius 2 is 1.42 bits per heavy atom. The lowest BCUT2D eigenvalue weighted by Gasteiger charge is -2.25. The van der Waals surface area contributed by atoms with Crippen molar-refractivity contribution in [3.8, 4) is 16.9 Å². The Labute approximate surface area is 334 Å². The summed E-state index contributed by atoms with van der Waals surface area (Å²) in [6.45, 7) is -0.271. The van der Waals surface area contributed by atoms with Crippen molar-refractivity contribution < 1.29 is 33.8 Å². The van der Waals surface area contributed by atoms with E-state index in [0.29, 0.717) is 11.3 Å². The molecule has 11 heteroatoms. The molecule has 4 heterocycles. The largest absolute Gasteiger partial charge is 0.486 e. The van der Waals surface area contributed by atoms with Crippen LogP contribution >= 0.6 is 11.3 Å². The van der Waals surface area contributed by atoms with Crippen molar-refractivity contribution in [2.45, 2.75) is 50.6 Å². The first-order chi connectivity index (χ1) is 27.7. The molecule has 0 saturated carbocycles. The Balaban J connectivity index is 1.24. The molecule has 2 aliphatic heterocycles. The highest BCUT2D eigenvalue weighted by Crippen LogP contribution is 2.25. The van der Waals surface area contributed by atoms with Crippen LogP contribution in [0.3, 0.4) is 0 Å². The van der Waals surface area contributed by atoms with Crippen LogP contribution in [0.2, 0.25) is 0 Å². The van der Waals surface area contributed by atoms with Crippen molar-refractivity contribution in [3.05, 3.63) is 148 Å². The first kappa shape index (κ1) is 38.9. The fourth-order valence-electron chi connectivity index (χ4n) is 7.30.